The summed E-state index contributed by atoms with van der Waals surface area (Å²) in [5, 5.41) is 2.66. The van der Waals surface area contributed by atoms with Crippen molar-refractivity contribution in [1.29, 1.82) is 0 Å². The summed E-state index contributed by atoms with van der Waals surface area (Å²) in [5.74, 6) is -1.73. The van der Waals surface area contributed by atoms with E-state index in [0.717, 1.165) is 36.1 Å². The zero-order chi connectivity index (χ0) is 20.7. The van der Waals surface area contributed by atoms with E-state index in [1.54, 1.807) is 12.1 Å². The Morgan fingerprint density at radius 1 is 1.10 bits per heavy atom. The number of ether oxygens (including phenoxy) is 1. The van der Waals surface area contributed by atoms with Crippen LogP contribution in [0, 0.1) is 23.7 Å². The van der Waals surface area contributed by atoms with Gasteiger partial charge in [-0.1, -0.05) is 19.1 Å². The summed E-state index contributed by atoms with van der Waals surface area (Å²) in [6.07, 6.45) is 3.81. The lowest BCUT2D eigenvalue weighted by Gasteiger charge is -2.23. The summed E-state index contributed by atoms with van der Waals surface area (Å²) in [6.45, 7) is 3.07. The van der Waals surface area contributed by atoms with Crippen LogP contribution < -0.4 is 5.32 Å². The van der Waals surface area contributed by atoms with Crippen molar-refractivity contribution in [2.45, 2.75) is 45.6 Å². The fourth-order valence-corrected chi connectivity index (χ4v) is 5.20. The number of hydrogen-bond donors (Lipinski definition) is 1. The van der Waals surface area contributed by atoms with Crippen LogP contribution in [0.3, 0.4) is 0 Å². The number of hydrogen-bond acceptors (Lipinski definition) is 5. The van der Waals surface area contributed by atoms with Crippen molar-refractivity contribution in [2.75, 3.05) is 11.9 Å². The molecule has 154 valence electrons. The van der Waals surface area contributed by atoms with Gasteiger partial charge < -0.3 is 10.1 Å². The van der Waals surface area contributed by atoms with Gasteiger partial charge in [0.05, 0.1) is 11.8 Å². The fraction of sp³-hybridized carbons (Fsp3) is 0.545. The highest BCUT2D eigenvalue weighted by atomic mass is 16.5. The van der Waals surface area contributed by atoms with Gasteiger partial charge in [0.25, 0.3) is 5.91 Å². The SMILES string of the molecule is CCc1ccc(NC(=O)COC(=O)[C@H](C)N2C(=O)[C@H]3[C@@H]4CC[C@@H](C4)[C@@H]3C2=O)cc1. The number of amides is 3. The van der Waals surface area contributed by atoms with Gasteiger partial charge in [-0.05, 0) is 62.1 Å². The summed E-state index contributed by atoms with van der Waals surface area (Å²) in [5.41, 5.74) is 1.77. The summed E-state index contributed by atoms with van der Waals surface area (Å²) < 4.78 is 5.09. The third kappa shape index (κ3) is 3.43. The number of esters is 1. The van der Waals surface area contributed by atoms with Crippen molar-refractivity contribution in [3.8, 4) is 0 Å². The van der Waals surface area contributed by atoms with E-state index in [1.165, 1.54) is 6.92 Å². The first-order valence-electron chi connectivity index (χ1n) is 10.3. The van der Waals surface area contributed by atoms with Crippen LogP contribution in [0.5, 0.6) is 0 Å². The third-order valence-corrected chi connectivity index (χ3v) is 6.68. The molecule has 2 aliphatic carbocycles. The first kappa shape index (κ1) is 19.6. The van der Waals surface area contributed by atoms with Gasteiger partial charge in [-0.3, -0.25) is 19.3 Å². The Bertz CT molecular complexity index is 821. The van der Waals surface area contributed by atoms with Crippen LogP contribution >= 0.6 is 0 Å². The Hall–Kier alpha value is -2.70. The van der Waals surface area contributed by atoms with Gasteiger partial charge in [0.1, 0.15) is 6.04 Å². The van der Waals surface area contributed by atoms with Gasteiger partial charge in [-0.25, -0.2) is 4.79 Å². The van der Waals surface area contributed by atoms with Gasteiger partial charge >= 0.3 is 5.97 Å². The Morgan fingerprint density at radius 2 is 1.69 bits per heavy atom. The minimum absolute atomic E-state index is 0.253. The van der Waals surface area contributed by atoms with Crippen LogP contribution in [0.15, 0.2) is 24.3 Å². The highest BCUT2D eigenvalue weighted by Gasteiger charge is 2.62. The van der Waals surface area contributed by atoms with Crippen LogP contribution in [0.1, 0.15) is 38.7 Å². The van der Waals surface area contributed by atoms with E-state index in [1.807, 2.05) is 19.1 Å². The normalized spacial score (nSPS) is 28.4. The number of carbonyl (C=O) groups excluding carboxylic acids is 4. The number of imide groups is 1. The number of anilines is 1. The molecule has 0 unspecified atom stereocenters. The molecule has 0 radical (unpaired) electrons. The molecule has 2 saturated carbocycles. The average Bonchev–Trinajstić information content (AvgIpc) is 3.40. The molecule has 3 amide bonds. The molecular formula is C22H26N2O5. The second kappa shape index (κ2) is 7.61. The minimum atomic E-state index is -1.02. The lowest BCUT2D eigenvalue weighted by molar-refractivity contribution is -0.159. The van der Waals surface area contributed by atoms with Gasteiger partial charge in [-0.2, -0.15) is 0 Å². The number of likely N-dealkylation sites (tertiary alicyclic amines) is 1. The fourth-order valence-electron chi connectivity index (χ4n) is 5.20. The molecule has 0 spiro atoms. The second-order valence-electron chi connectivity index (χ2n) is 8.31. The van der Waals surface area contributed by atoms with Crippen LogP contribution in [-0.2, 0) is 30.3 Å². The molecule has 3 aliphatic rings. The van der Waals surface area contributed by atoms with E-state index in [9.17, 15) is 19.2 Å². The Balaban J connectivity index is 1.32. The summed E-state index contributed by atoms with van der Waals surface area (Å²) in [6, 6.07) is 6.39. The van der Waals surface area contributed by atoms with Gasteiger partial charge in [0.15, 0.2) is 6.61 Å². The molecule has 2 bridgehead atoms. The molecule has 1 saturated heterocycles. The topological polar surface area (TPSA) is 92.8 Å². The quantitative estimate of drug-likeness (QED) is 0.585. The molecule has 0 aromatic heterocycles. The molecule has 29 heavy (non-hydrogen) atoms. The number of aryl methyl sites for hydroxylation is 1. The lowest BCUT2D eigenvalue weighted by atomic mass is 9.81. The van der Waals surface area contributed by atoms with E-state index in [4.69, 9.17) is 4.74 Å². The molecule has 3 fully saturated rings. The molecule has 5 atom stereocenters. The highest BCUT2D eigenvalue weighted by molar-refractivity contribution is 6.08. The van der Waals surface area contributed by atoms with Gasteiger partial charge in [-0.15, -0.1) is 0 Å². The molecule has 1 aromatic carbocycles. The van der Waals surface area contributed by atoms with E-state index in [0.29, 0.717) is 5.69 Å². The van der Waals surface area contributed by atoms with Gasteiger partial charge in [0, 0.05) is 5.69 Å². The van der Waals surface area contributed by atoms with Crippen molar-refractivity contribution in [1.82, 2.24) is 4.90 Å². The van der Waals surface area contributed by atoms with E-state index in [2.05, 4.69) is 5.32 Å². The van der Waals surface area contributed by atoms with Gasteiger partial charge in [0.2, 0.25) is 11.8 Å². The number of rotatable bonds is 6. The van der Waals surface area contributed by atoms with E-state index >= 15 is 0 Å². The maximum Gasteiger partial charge on any atom is 0.329 e. The summed E-state index contributed by atoms with van der Waals surface area (Å²) >= 11 is 0. The zero-order valence-electron chi connectivity index (χ0n) is 16.7. The Labute approximate surface area is 169 Å². The first-order chi connectivity index (χ1) is 13.9. The predicted octanol–water partition coefficient (Wildman–Crippen LogP) is 2.15. The first-order valence-corrected chi connectivity index (χ1v) is 10.3. The van der Waals surface area contributed by atoms with Crippen LogP contribution in [0.4, 0.5) is 5.69 Å². The van der Waals surface area contributed by atoms with Crippen molar-refractivity contribution < 1.29 is 23.9 Å². The highest BCUT2D eigenvalue weighted by Crippen LogP contribution is 2.56. The maximum atomic E-state index is 12.8. The zero-order valence-corrected chi connectivity index (χ0v) is 16.7. The summed E-state index contributed by atoms with van der Waals surface area (Å²) in [4.78, 5) is 51.1. The molecule has 1 N–H and O–H groups in total. The number of carbonyl (C=O) groups is 4. The monoisotopic (exact) mass is 398 g/mol. The second-order valence-corrected chi connectivity index (χ2v) is 8.31. The number of benzene rings is 1. The van der Waals surface area contributed by atoms with Crippen molar-refractivity contribution in [2.24, 2.45) is 23.7 Å². The van der Waals surface area contributed by atoms with Crippen molar-refractivity contribution in [3.63, 3.8) is 0 Å². The lowest BCUT2D eigenvalue weighted by Crippen LogP contribution is -2.45. The van der Waals surface area contributed by atoms with Crippen molar-refractivity contribution >= 4 is 29.4 Å². The molecule has 7 heteroatoms. The number of nitrogens with zero attached hydrogens (tertiary/aromatic N) is 1. The standard InChI is InChI=1S/C22H26N2O5/c1-3-13-4-8-16(9-5-13)23-17(25)11-29-22(28)12(2)24-20(26)18-14-6-7-15(10-14)19(18)21(24)27/h4-5,8-9,12,14-15,18-19H,3,6-7,10-11H2,1-2H3,(H,23,25)/t12-,14-,15+,18-,19-/m0/s1. The van der Waals surface area contributed by atoms with Crippen LogP contribution in [0.25, 0.3) is 0 Å². The third-order valence-electron chi connectivity index (χ3n) is 6.68. The molecular weight excluding hydrogens is 372 g/mol. The molecule has 1 aliphatic heterocycles. The predicted molar refractivity (Wildman–Crippen MR) is 105 cm³/mol. The van der Waals surface area contributed by atoms with Crippen molar-refractivity contribution in [3.05, 3.63) is 29.8 Å². The smallest absolute Gasteiger partial charge is 0.329 e. The Kier molecular flexibility index (Phi) is 5.15. The number of fused-ring (bicyclic) bond motifs is 5. The molecule has 1 heterocycles. The average molecular weight is 398 g/mol. The van der Waals surface area contributed by atoms with E-state index < -0.39 is 24.5 Å². The molecule has 7 nitrogen and oxygen atoms in total. The van der Waals surface area contributed by atoms with E-state index in [-0.39, 0.29) is 35.5 Å². The molecule has 4 rings (SSSR count). The van der Waals surface area contributed by atoms with Crippen LogP contribution in [0.2, 0.25) is 0 Å². The maximum absolute atomic E-state index is 12.8. The Morgan fingerprint density at radius 3 is 2.24 bits per heavy atom. The molecule has 1 aromatic rings. The summed E-state index contributed by atoms with van der Waals surface area (Å²) in [7, 11) is 0. The largest absolute Gasteiger partial charge is 0.454 e. The number of nitrogens with one attached hydrogen (secondary N) is 1. The minimum Gasteiger partial charge on any atom is -0.454 e. The van der Waals surface area contributed by atoms with Crippen LogP contribution in [-0.4, -0.2) is 41.2 Å².